The lowest BCUT2D eigenvalue weighted by molar-refractivity contribution is 0.121. The molecule has 1 nitrogen and oxygen atoms in total. The number of ether oxygens (including phenoxy) is 1. The van der Waals surface area contributed by atoms with Gasteiger partial charge in [-0.25, -0.2) is 0 Å². The van der Waals surface area contributed by atoms with E-state index < -0.39 is 0 Å². The van der Waals surface area contributed by atoms with Gasteiger partial charge in [0.15, 0.2) is 0 Å². The van der Waals surface area contributed by atoms with Gasteiger partial charge in [-0.05, 0) is 25.7 Å². The molecule has 0 aliphatic carbocycles. The van der Waals surface area contributed by atoms with Crippen LogP contribution in [0.1, 0.15) is 123 Å². The molecular weight excluding hydrogens is 280 g/mol. The Balaban J connectivity index is 3.40. The van der Waals surface area contributed by atoms with Gasteiger partial charge in [0.2, 0.25) is 0 Å². The zero-order valence-electron chi connectivity index (χ0n) is 16.3. The molecule has 0 spiro atoms. The summed E-state index contributed by atoms with van der Waals surface area (Å²) in [5, 5.41) is 0. The van der Waals surface area contributed by atoms with Gasteiger partial charge in [0.25, 0.3) is 0 Å². The summed E-state index contributed by atoms with van der Waals surface area (Å²) in [6.07, 6.45) is 25.3. The van der Waals surface area contributed by atoms with E-state index in [-0.39, 0.29) is 0 Å². The highest BCUT2D eigenvalue weighted by atomic mass is 16.5. The van der Waals surface area contributed by atoms with Gasteiger partial charge >= 0.3 is 0 Å². The zero-order valence-corrected chi connectivity index (χ0v) is 16.3. The number of rotatable bonds is 19. The van der Waals surface area contributed by atoms with Crippen molar-refractivity contribution >= 4 is 0 Å². The summed E-state index contributed by atoms with van der Waals surface area (Å²) in [4.78, 5) is 0. The number of unbranched alkanes of at least 4 members (excludes halogenated alkanes) is 13. The van der Waals surface area contributed by atoms with Crippen LogP contribution in [0.4, 0.5) is 0 Å². The molecule has 0 bridgehead atoms. The Morgan fingerprint density at radius 3 is 1.30 bits per heavy atom. The third kappa shape index (κ3) is 17.7. The fourth-order valence-corrected chi connectivity index (χ4v) is 3.25. The van der Waals surface area contributed by atoms with Crippen molar-refractivity contribution < 1.29 is 4.74 Å². The van der Waals surface area contributed by atoms with Crippen LogP contribution >= 0.6 is 0 Å². The van der Waals surface area contributed by atoms with Crippen molar-refractivity contribution in [3.05, 3.63) is 12.8 Å². The Labute approximate surface area is 147 Å². The first-order valence-electron chi connectivity index (χ1n) is 10.6. The summed E-state index contributed by atoms with van der Waals surface area (Å²) in [5.41, 5.74) is 0. The van der Waals surface area contributed by atoms with Gasteiger partial charge in [-0.2, -0.15) is 0 Å². The zero-order chi connectivity index (χ0) is 17.0. The van der Waals surface area contributed by atoms with E-state index in [2.05, 4.69) is 20.4 Å². The normalized spacial score (nSPS) is 12.3. The highest BCUT2D eigenvalue weighted by molar-refractivity contribution is 4.64. The lowest BCUT2D eigenvalue weighted by Gasteiger charge is -2.16. The van der Waals surface area contributed by atoms with Crippen molar-refractivity contribution in [2.24, 2.45) is 0 Å². The lowest BCUT2D eigenvalue weighted by atomic mass is 10.0. The molecule has 138 valence electrons. The predicted octanol–water partition coefficient (Wildman–Crippen LogP) is 8.19. The second-order valence-corrected chi connectivity index (χ2v) is 7.10. The fraction of sp³-hybridized carbons (Fsp3) is 0.909. The summed E-state index contributed by atoms with van der Waals surface area (Å²) in [6, 6.07) is 0. The van der Waals surface area contributed by atoms with Crippen LogP contribution in [-0.4, -0.2) is 6.10 Å². The standard InChI is InChI=1S/C22H44O/c1-4-7-9-11-12-13-14-15-17-19-21-22(23-6-3)20-18-16-10-8-5-2/h6,22H,3-5,7-21H2,1-2H3. The highest BCUT2D eigenvalue weighted by Gasteiger charge is 2.07. The van der Waals surface area contributed by atoms with Gasteiger partial charge in [-0.15, -0.1) is 0 Å². The molecule has 0 amide bonds. The minimum absolute atomic E-state index is 0.420. The molecule has 0 heterocycles. The van der Waals surface area contributed by atoms with E-state index in [0.29, 0.717) is 6.10 Å². The maximum atomic E-state index is 5.70. The van der Waals surface area contributed by atoms with Crippen LogP contribution in [0.25, 0.3) is 0 Å². The van der Waals surface area contributed by atoms with Crippen LogP contribution in [0, 0.1) is 0 Å². The first-order valence-corrected chi connectivity index (χ1v) is 10.6. The van der Waals surface area contributed by atoms with Gasteiger partial charge in [-0.3, -0.25) is 0 Å². The van der Waals surface area contributed by atoms with E-state index >= 15 is 0 Å². The van der Waals surface area contributed by atoms with E-state index in [4.69, 9.17) is 4.74 Å². The van der Waals surface area contributed by atoms with Crippen LogP contribution in [0.2, 0.25) is 0 Å². The van der Waals surface area contributed by atoms with Crippen LogP contribution in [0.5, 0.6) is 0 Å². The third-order valence-electron chi connectivity index (χ3n) is 4.80. The van der Waals surface area contributed by atoms with Crippen LogP contribution in [-0.2, 0) is 4.74 Å². The van der Waals surface area contributed by atoms with Crippen LogP contribution < -0.4 is 0 Å². The molecular formula is C22H44O. The summed E-state index contributed by atoms with van der Waals surface area (Å²) in [6.45, 7) is 8.29. The second-order valence-electron chi connectivity index (χ2n) is 7.10. The summed E-state index contributed by atoms with van der Waals surface area (Å²) in [5.74, 6) is 0. The van der Waals surface area contributed by atoms with Crippen LogP contribution in [0.3, 0.4) is 0 Å². The third-order valence-corrected chi connectivity index (χ3v) is 4.80. The van der Waals surface area contributed by atoms with Gasteiger partial charge in [0.05, 0.1) is 12.4 Å². The van der Waals surface area contributed by atoms with Crippen molar-refractivity contribution in [2.75, 3.05) is 0 Å². The maximum Gasteiger partial charge on any atom is 0.0978 e. The molecule has 0 saturated heterocycles. The predicted molar refractivity (Wildman–Crippen MR) is 105 cm³/mol. The summed E-state index contributed by atoms with van der Waals surface area (Å²) >= 11 is 0. The topological polar surface area (TPSA) is 9.23 Å². The van der Waals surface area contributed by atoms with Gasteiger partial charge in [0, 0.05) is 0 Å². The molecule has 1 unspecified atom stereocenters. The SMILES string of the molecule is C=COC(CCCCCCC)CCCCCCCCCCCC. The molecule has 0 aromatic carbocycles. The second kappa shape index (κ2) is 19.6. The maximum absolute atomic E-state index is 5.70. The van der Waals surface area contributed by atoms with Gasteiger partial charge in [-0.1, -0.05) is 104 Å². The Kier molecular flexibility index (Phi) is 19.2. The molecule has 0 aromatic heterocycles. The van der Waals surface area contributed by atoms with Crippen molar-refractivity contribution in [2.45, 2.75) is 129 Å². The largest absolute Gasteiger partial charge is 0.499 e. The van der Waals surface area contributed by atoms with E-state index in [0.717, 1.165) is 0 Å². The lowest BCUT2D eigenvalue weighted by Crippen LogP contribution is -2.09. The molecule has 1 atom stereocenters. The fourth-order valence-electron chi connectivity index (χ4n) is 3.25. The first kappa shape index (κ1) is 22.5. The summed E-state index contributed by atoms with van der Waals surface area (Å²) in [7, 11) is 0. The minimum Gasteiger partial charge on any atom is -0.499 e. The smallest absolute Gasteiger partial charge is 0.0978 e. The average Bonchev–Trinajstić information content (AvgIpc) is 2.56. The molecule has 1 heteroatoms. The molecule has 0 radical (unpaired) electrons. The van der Waals surface area contributed by atoms with E-state index in [1.165, 1.54) is 109 Å². The molecule has 0 aliphatic rings. The van der Waals surface area contributed by atoms with Gasteiger partial charge in [0.1, 0.15) is 0 Å². The van der Waals surface area contributed by atoms with Gasteiger partial charge < -0.3 is 4.74 Å². The first-order chi connectivity index (χ1) is 11.3. The Hall–Kier alpha value is -0.460. The molecule has 0 fully saturated rings. The highest BCUT2D eigenvalue weighted by Crippen LogP contribution is 2.17. The van der Waals surface area contributed by atoms with E-state index in [9.17, 15) is 0 Å². The molecule has 0 rings (SSSR count). The monoisotopic (exact) mass is 324 g/mol. The minimum atomic E-state index is 0.420. The van der Waals surface area contributed by atoms with Crippen molar-refractivity contribution in [3.63, 3.8) is 0 Å². The molecule has 0 aliphatic heterocycles. The number of hydrogen-bond donors (Lipinski definition) is 0. The van der Waals surface area contributed by atoms with Crippen molar-refractivity contribution in [1.29, 1.82) is 0 Å². The molecule has 0 saturated carbocycles. The van der Waals surface area contributed by atoms with E-state index in [1.807, 2.05) is 0 Å². The van der Waals surface area contributed by atoms with E-state index in [1.54, 1.807) is 6.26 Å². The van der Waals surface area contributed by atoms with Crippen molar-refractivity contribution in [3.8, 4) is 0 Å². The Morgan fingerprint density at radius 2 is 0.957 bits per heavy atom. The molecule has 0 N–H and O–H groups in total. The number of hydrogen-bond acceptors (Lipinski definition) is 1. The molecule has 0 aromatic rings. The summed E-state index contributed by atoms with van der Waals surface area (Å²) < 4.78 is 5.70. The Bertz CT molecular complexity index is 224. The molecule has 23 heavy (non-hydrogen) atoms. The quantitative estimate of drug-likeness (QED) is 0.172. The average molecular weight is 325 g/mol. The van der Waals surface area contributed by atoms with Crippen molar-refractivity contribution in [1.82, 2.24) is 0 Å². The Morgan fingerprint density at radius 1 is 0.609 bits per heavy atom. The van der Waals surface area contributed by atoms with Crippen LogP contribution in [0.15, 0.2) is 12.8 Å².